The lowest BCUT2D eigenvalue weighted by Gasteiger charge is -2.32. The maximum absolute atomic E-state index is 12.3. The van der Waals surface area contributed by atoms with Gasteiger partial charge in [-0.3, -0.25) is 14.5 Å². The summed E-state index contributed by atoms with van der Waals surface area (Å²) in [6, 6.07) is 7.55. The Balaban J connectivity index is 1.67. The minimum Gasteiger partial charge on any atom is -0.482 e. The van der Waals surface area contributed by atoms with Gasteiger partial charge in [-0.25, -0.2) is 0 Å². The summed E-state index contributed by atoms with van der Waals surface area (Å²) in [6.07, 6.45) is 4.59. The van der Waals surface area contributed by atoms with Crippen LogP contribution in [0.25, 0.3) is 0 Å². The molecule has 5 nitrogen and oxygen atoms in total. The number of ether oxygens (including phenoxy) is 1. The minimum atomic E-state index is -0.175. The Morgan fingerprint density at radius 2 is 2.09 bits per heavy atom. The van der Waals surface area contributed by atoms with E-state index in [4.69, 9.17) is 4.74 Å². The number of nitrogens with one attached hydrogen (secondary N) is 1. The third-order valence-corrected chi connectivity index (χ3v) is 4.57. The van der Waals surface area contributed by atoms with E-state index in [0.29, 0.717) is 17.4 Å². The number of fused-ring (bicyclic) bond motifs is 1. The van der Waals surface area contributed by atoms with Crippen LogP contribution < -0.4 is 15.0 Å². The zero-order chi connectivity index (χ0) is 15.5. The van der Waals surface area contributed by atoms with Gasteiger partial charge in [0.05, 0.1) is 5.69 Å². The van der Waals surface area contributed by atoms with Gasteiger partial charge in [-0.1, -0.05) is 31.9 Å². The van der Waals surface area contributed by atoms with E-state index in [2.05, 4.69) is 12.2 Å². The first kappa shape index (κ1) is 14.9. The van der Waals surface area contributed by atoms with Gasteiger partial charge in [0.1, 0.15) is 12.3 Å². The third-order valence-electron chi connectivity index (χ3n) is 4.57. The third kappa shape index (κ3) is 3.08. The predicted molar refractivity (Wildman–Crippen MR) is 83.9 cm³/mol. The Kier molecular flexibility index (Phi) is 4.32. The molecule has 22 heavy (non-hydrogen) atoms. The smallest absolute Gasteiger partial charge is 0.265 e. The molecule has 1 heterocycles. The molecule has 2 atom stereocenters. The fourth-order valence-electron chi connectivity index (χ4n) is 3.25. The molecule has 0 spiro atoms. The minimum absolute atomic E-state index is 0.00980. The van der Waals surface area contributed by atoms with Crippen LogP contribution in [0.5, 0.6) is 5.75 Å². The summed E-state index contributed by atoms with van der Waals surface area (Å²) in [4.78, 5) is 25.9. The highest BCUT2D eigenvalue weighted by Gasteiger charge is 2.29. The van der Waals surface area contributed by atoms with E-state index in [1.807, 2.05) is 24.3 Å². The molecule has 5 heteroatoms. The van der Waals surface area contributed by atoms with Crippen LogP contribution in [0.2, 0.25) is 0 Å². The first-order chi connectivity index (χ1) is 10.6. The molecular weight excluding hydrogens is 280 g/mol. The number of amides is 2. The normalized spacial score (nSPS) is 24.4. The summed E-state index contributed by atoms with van der Waals surface area (Å²) in [6.45, 7) is 2.23. The molecule has 1 fully saturated rings. The second kappa shape index (κ2) is 6.38. The average Bonchev–Trinajstić information content (AvgIpc) is 2.52. The van der Waals surface area contributed by atoms with Crippen LogP contribution in [0.3, 0.4) is 0 Å². The molecule has 0 radical (unpaired) electrons. The van der Waals surface area contributed by atoms with Gasteiger partial charge in [0.2, 0.25) is 5.91 Å². The number of carbonyl (C=O) groups excluding carboxylic acids is 2. The fraction of sp³-hybridized carbons (Fsp3) is 0.529. The molecule has 0 saturated heterocycles. The van der Waals surface area contributed by atoms with Crippen LogP contribution in [0.15, 0.2) is 24.3 Å². The van der Waals surface area contributed by atoms with Gasteiger partial charge in [0, 0.05) is 6.04 Å². The molecule has 118 valence electrons. The maximum atomic E-state index is 12.3. The van der Waals surface area contributed by atoms with Gasteiger partial charge in [-0.2, -0.15) is 0 Å². The Hall–Kier alpha value is -2.04. The van der Waals surface area contributed by atoms with Crippen LogP contribution in [-0.2, 0) is 9.59 Å². The summed E-state index contributed by atoms with van der Waals surface area (Å²) in [7, 11) is 0. The Labute approximate surface area is 130 Å². The number of benzene rings is 1. The molecule has 1 aliphatic heterocycles. The topological polar surface area (TPSA) is 58.6 Å². The lowest BCUT2D eigenvalue weighted by Crippen LogP contribution is -2.49. The highest BCUT2D eigenvalue weighted by Crippen LogP contribution is 2.31. The van der Waals surface area contributed by atoms with E-state index in [9.17, 15) is 9.59 Å². The van der Waals surface area contributed by atoms with Crippen molar-refractivity contribution in [3.05, 3.63) is 24.3 Å². The number of carbonyl (C=O) groups is 2. The van der Waals surface area contributed by atoms with Crippen molar-refractivity contribution in [1.29, 1.82) is 0 Å². The molecule has 2 amide bonds. The quantitative estimate of drug-likeness (QED) is 0.930. The summed E-state index contributed by atoms with van der Waals surface area (Å²) in [5, 5.41) is 3.09. The number of hydrogen-bond donors (Lipinski definition) is 1. The van der Waals surface area contributed by atoms with Gasteiger partial charge >= 0.3 is 0 Å². The molecule has 0 unspecified atom stereocenters. The van der Waals surface area contributed by atoms with Crippen molar-refractivity contribution < 1.29 is 14.3 Å². The van der Waals surface area contributed by atoms with Crippen LogP contribution in [-0.4, -0.2) is 31.0 Å². The summed E-state index contributed by atoms with van der Waals surface area (Å²) in [5.41, 5.74) is 0.672. The second-order valence-electron chi connectivity index (χ2n) is 6.17. The SMILES string of the molecule is C[C@H]1CCCC[C@H]1NC(=O)CN1C(=O)COc2ccccc21. The average molecular weight is 302 g/mol. The number of anilines is 1. The molecular formula is C17H22N2O3. The molecule has 1 N–H and O–H groups in total. The lowest BCUT2D eigenvalue weighted by molar-refractivity contribution is -0.126. The van der Waals surface area contributed by atoms with Crippen LogP contribution in [0, 0.1) is 5.92 Å². The monoisotopic (exact) mass is 302 g/mol. The molecule has 1 aromatic rings. The Bertz CT molecular complexity index is 573. The van der Waals surface area contributed by atoms with Gasteiger partial charge in [0.15, 0.2) is 6.61 Å². The van der Waals surface area contributed by atoms with Crippen molar-refractivity contribution in [1.82, 2.24) is 5.32 Å². The van der Waals surface area contributed by atoms with E-state index >= 15 is 0 Å². The summed E-state index contributed by atoms with van der Waals surface area (Å²) >= 11 is 0. The van der Waals surface area contributed by atoms with Crippen LogP contribution in [0.1, 0.15) is 32.6 Å². The number of hydrogen-bond acceptors (Lipinski definition) is 3. The largest absolute Gasteiger partial charge is 0.482 e. The second-order valence-corrected chi connectivity index (χ2v) is 6.17. The summed E-state index contributed by atoms with van der Waals surface area (Å²) < 4.78 is 5.39. The van der Waals surface area contributed by atoms with Gasteiger partial charge < -0.3 is 10.1 Å². The van der Waals surface area contributed by atoms with Crippen LogP contribution in [0.4, 0.5) is 5.69 Å². The van der Waals surface area contributed by atoms with Gasteiger partial charge in [-0.15, -0.1) is 0 Å². The van der Waals surface area contributed by atoms with Crippen molar-refractivity contribution in [3.63, 3.8) is 0 Å². The van der Waals surface area contributed by atoms with E-state index in [1.165, 1.54) is 11.3 Å². The maximum Gasteiger partial charge on any atom is 0.265 e. The van der Waals surface area contributed by atoms with Crippen molar-refractivity contribution in [2.75, 3.05) is 18.1 Å². The molecule has 1 saturated carbocycles. The Morgan fingerprint density at radius 1 is 1.32 bits per heavy atom. The first-order valence-corrected chi connectivity index (χ1v) is 7.96. The molecule has 1 aliphatic carbocycles. The molecule has 3 rings (SSSR count). The fourth-order valence-corrected chi connectivity index (χ4v) is 3.25. The number of para-hydroxylation sites is 2. The zero-order valence-corrected chi connectivity index (χ0v) is 12.9. The van der Waals surface area contributed by atoms with Crippen LogP contribution >= 0.6 is 0 Å². The van der Waals surface area contributed by atoms with Gasteiger partial charge in [0.25, 0.3) is 5.91 Å². The molecule has 1 aromatic carbocycles. The predicted octanol–water partition coefficient (Wildman–Crippen LogP) is 2.11. The lowest BCUT2D eigenvalue weighted by atomic mass is 9.86. The number of nitrogens with zero attached hydrogens (tertiary/aromatic N) is 1. The van der Waals surface area contributed by atoms with Gasteiger partial charge in [-0.05, 0) is 30.9 Å². The number of rotatable bonds is 3. The van der Waals surface area contributed by atoms with E-state index in [0.717, 1.165) is 19.3 Å². The van der Waals surface area contributed by atoms with E-state index in [-0.39, 0.29) is 31.0 Å². The highest BCUT2D eigenvalue weighted by atomic mass is 16.5. The first-order valence-electron chi connectivity index (χ1n) is 7.96. The molecule has 0 bridgehead atoms. The van der Waals surface area contributed by atoms with E-state index < -0.39 is 0 Å². The van der Waals surface area contributed by atoms with E-state index in [1.54, 1.807) is 0 Å². The molecule has 0 aromatic heterocycles. The summed E-state index contributed by atoms with van der Waals surface area (Å²) in [5.74, 6) is 0.889. The van der Waals surface area contributed by atoms with Crippen molar-refractivity contribution in [3.8, 4) is 5.75 Å². The highest BCUT2D eigenvalue weighted by molar-refractivity contribution is 6.02. The Morgan fingerprint density at radius 3 is 2.91 bits per heavy atom. The standard InChI is InChI=1S/C17H22N2O3/c1-12-6-2-3-7-13(12)18-16(20)10-19-14-8-4-5-9-15(14)22-11-17(19)21/h4-5,8-9,12-13H,2-3,6-7,10-11H2,1H3,(H,18,20)/t12-,13+/m0/s1. The van der Waals surface area contributed by atoms with Crippen molar-refractivity contribution >= 4 is 17.5 Å². The van der Waals surface area contributed by atoms with Crippen molar-refractivity contribution in [2.24, 2.45) is 5.92 Å². The molecule has 2 aliphatic rings. The zero-order valence-electron chi connectivity index (χ0n) is 12.9. The van der Waals surface area contributed by atoms with Crippen molar-refractivity contribution in [2.45, 2.75) is 38.6 Å².